The molecule has 0 unspecified atom stereocenters. The van der Waals surface area contributed by atoms with Gasteiger partial charge in [-0.3, -0.25) is 4.90 Å². The minimum Gasteiger partial charge on any atom is -0.508 e. The molecule has 1 aromatic carbocycles. The lowest BCUT2D eigenvalue weighted by Gasteiger charge is -2.32. The molecule has 1 fully saturated rings. The number of hydrogen-bond donors (Lipinski definition) is 1. The highest BCUT2D eigenvalue weighted by Gasteiger charge is 2.21. The third-order valence-electron chi connectivity index (χ3n) is 6.42. The molecule has 0 spiro atoms. The van der Waals surface area contributed by atoms with Crippen LogP contribution in [0.3, 0.4) is 0 Å². The van der Waals surface area contributed by atoms with Crippen LogP contribution in [0.25, 0.3) is 22.5 Å². The van der Waals surface area contributed by atoms with E-state index >= 15 is 0 Å². The number of hydrogen-bond acceptors (Lipinski definition) is 5. The molecule has 1 aliphatic heterocycles. The van der Waals surface area contributed by atoms with Crippen molar-refractivity contribution in [1.29, 1.82) is 5.26 Å². The zero-order valence-electron chi connectivity index (χ0n) is 18.3. The summed E-state index contributed by atoms with van der Waals surface area (Å²) in [6, 6.07) is 13.8. The van der Waals surface area contributed by atoms with Gasteiger partial charge in [-0.25, -0.2) is 4.98 Å². The Hall–Kier alpha value is -3.40. The van der Waals surface area contributed by atoms with Crippen molar-refractivity contribution in [3.8, 4) is 23.1 Å². The van der Waals surface area contributed by atoms with Crippen LogP contribution in [0.15, 0.2) is 60.3 Å². The molecule has 5 rings (SSSR count). The monoisotopic (exact) mass is 425 g/mol. The maximum atomic E-state index is 10.1. The molecule has 2 aromatic heterocycles. The number of piperazine rings is 1. The fourth-order valence-corrected chi connectivity index (χ4v) is 4.56. The van der Waals surface area contributed by atoms with Crippen LogP contribution in [0.2, 0.25) is 0 Å². The van der Waals surface area contributed by atoms with Crippen LogP contribution in [0.4, 0.5) is 0 Å². The molecular formula is C26H27N5O. The van der Waals surface area contributed by atoms with E-state index in [2.05, 4.69) is 51.7 Å². The Kier molecular flexibility index (Phi) is 5.52. The Morgan fingerprint density at radius 1 is 1.09 bits per heavy atom. The molecule has 0 saturated carbocycles. The van der Waals surface area contributed by atoms with Gasteiger partial charge in [0.2, 0.25) is 0 Å². The number of imidazole rings is 1. The molecule has 1 aliphatic carbocycles. The molecule has 3 aromatic rings. The topological polar surface area (TPSA) is 67.8 Å². The summed E-state index contributed by atoms with van der Waals surface area (Å²) in [5.74, 6) is 0.238. The van der Waals surface area contributed by atoms with Crippen LogP contribution in [-0.2, 0) is 6.54 Å². The SMILES string of the molecule is CN1CCN(Cc2c(-c3cccc(O)c3)nc3ccc(C4=C(C#N)CCC=C4)cn23)CC1. The van der Waals surface area contributed by atoms with Crippen LogP contribution in [0, 0.1) is 11.3 Å². The number of phenolic OH excluding ortho intramolecular Hbond substituents is 1. The Morgan fingerprint density at radius 3 is 2.72 bits per heavy atom. The Balaban J connectivity index is 1.63. The minimum absolute atomic E-state index is 0.238. The number of phenols is 1. The molecule has 1 saturated heterocycles. The second kappa shape index (κ2) is 8.62. The van der Waals surface area contributed by atoms with Gasteiger partial charge in [-0.1, -0.05) is 24.3 Å². The van der Waals surface area contributed by atoms with E-state index in [-0.39, 0.29) is 5.75 Å². The van der Waals surface area contributed by atoms with Crippen molar-refractivity contribution in [3.63, 3.8) is 0 Å². The summed E-state index contributed by atoms with van der Waals surface area (Å²) >= 11 is 0. The fourth-order valence-electron chi connectivity index (χ4n) is 4.56. The second-order valence-electron chi connectivity index (χ2n) is 8.63. The number of nitrogens with zero attached hydrogens (tertiary/aromatic N) is 5. The van der Waals surface area contributed by atoms with E-state index in [9.17, 15) is 10.4 Å². The lowest BCUT2D eigenvalue weighted by molar-refractivity contribution is 0.147. The summed E-state index contributed by atoms with van der Waals surface area (Å²) in [6.07, 6.45) is 8.01. The van der Waals surface area contributed by atoms with E-state index in [0.717, 1.165) is 84.9 Å². The Bertz CT molecular complexity index is 1250. The molecule has 6 heteroatoms. The summed E-state index contributed by atoms with van der Waals surface area (Å²) in [7, 11) is 2.16. The quantitative estimate of drug-likeness (QED) is 0.682. The minimum atomic E-state index is 0.238. The maximum Gasteiger partial charge on any atom is 0.137 e. The van der Waals surface area contributed by atoms with E-state index in [4.69, 9.17) is 4.98 Å². The molecule has 0 atom stereocenters. The van der Waals surface area contributed by atoms with Gasteiger partial charge in [0.1, 0.15) is 11.4 Å². The van der Waals surface area contributed by atoms with E-state index in [0.29, 0.717) is 0 Å². The van der Waals surface area contributed by atoms with Gasteiger partial charge in [0.05, 0.1) is 17.5 Å². The highest BCUT2D eigenvalue weighted by atomic mass is 16.3. The van der Waals surface area contributed by atoms with Gasteiger partial charge in [-0.15, -0.1) is 0 Å². The lowest BCUT2D eigenvalue weighted by Crippen LogP contribution is -2.44. The molecule has 0 bridgehead atoms. The summed E-state index contributed by atoms with van der Waals surface area (Å²) in [6.45, 7) is 4.90. The summed E-state index contributed by atoms with van der Waals surface area (Å²) in [5.41, 5.74) is 6.65. The summed E-state index contributed by atoms with van der Waals surface area (Å²) < 4.78 is 2.16. The first-order valence-electron chi connectivity index (χ1n) is 11.1. The Morgan fingerprint density at radius 2 is 1.94 bits per heavy atom. The van der Waals surface area contributed by atoms with Gasteiger partial charge < -0.3 is 14.4 Å². The molecule has 0 amide bonds. The first kappa shape index (κ1) is 20.5. The van der Waals surface area contributed by atoms with Crippen LogP contribution >= 0.6 is 0 Å². The lowest BCUT2D eigenvalue weighted by atomic mass is 9.94. The molecule has 1 N–H and O–H groups in total. The molecule has 162 valence electrons. The number of allylic oxidation sites excluding steroid dienone is 4. The highest BCUT2D eigenvalue weighted by Crippen LogP contribution is 2.31. The number of rotatable bonds is 4. The average molecular weight is 426 g/mol. The fraction of sp³-hybridized carbons (Fsp3) is 0.308. The number of nitriles is 1. The van der Waals surface area contributed by atoms with Gasteiger partial charge in [-0.2, -0.15) is 5.26 Å². The number of aromatic hydroxyl groups is 1. The first-order chi connectivity index (χ1) is 15.6. The van der Waals surface area contributed by atoms with Crippen LogP contribution in [0.1, 0.15) is 24.1 Å². The van der Waals surface area contributed by atoms with E-state index in [1.165, 1.54) is 0 Å². The predicted molar refractivity (Wildman–Crippen MR) is 126 cm³/mol. The van der Waals surface area contributed by atoms with Crippen molar-refractivity contribution in [3.05, 3.63) is 71.6 Å². The predicted octanol–water partition coefficient (Wildman–Crippen LogP) is 4.08. The molecule has 0 radical (unpaired) electrons. The van der Waals surface area contributed by atoms with E-state index in [1.54, 1.807) is 12.1 Å². The van der Waals surface area contributed by atoms with Crippen LogP contribution in [-0.4, -0.2) is 57.5 Å². The number of aromatic nitrogens is 2. The van der Waals surface area contributed by atoms with Gasteiger partial charge in [0.15, 0.2) is 0 Å². The molecule has 6 nitrogen and oxygen atoms in total. The third-order valence-corrected chi connectivity index (χ3v) is 6.42. The standard InChI is InChI=1S/C26H27N5O/c1-29-11-13-30(14-12-29)18-24-26(19-6-4-7-22(32)15-19)28-25-10-9-21(17-31(24)25)23-8-3-2-5-20(23)16-27/h3-4,6-10,15,17,32H,2,5,11-14,18H2,1H3. The van der Waals surface area contributed by atoms with Crippen molar-refractivity contribution >= 4 is 11.2 Å². The van der Waals surface area contributed by atoms with Crippen molar-refractivity contribution < 1.29 is 5.11 Å². The number of likely N-dealkylation sites (N-methyl/N-ethyl adjacent to an activating group) is 1. The second-order valence-corrected chi connectivity index (χ2v) is 8.63. The number of pyridine rings is 1. The smallest absolute Gasteiger partial charge is 0.137 e. The molecule has 3 heterocycles. The zero-order chi connectivity index (χ0) is 22.1. The average Bonchev–Trinajstić information content (AvgIpc) is 3.18. The van der Waals surface area contributed by atoms with Crippen molar-refractivity contribution in [2.45, 2.75) is 19.4 Å². The van der Waals surface area contributed by atoms with Gasteiger partial charge in [0.25, 0.3) is 0 Å². The largest absolute Gasteiger partial charge is 0.508 e. The van der Waals surface area contributed by atoms with Crippen LogP contribution in [0.5, 0.6) is 5.75 Å². The van der Waals surface area contributed by atoms with Crippen molar-refractivity contribution in [2.75, 3.05) is 33.2 Å². The van der Waals surface area contributed by atoms with Gasteiger partial charge in [0, 0.05) is 50.1 Å². The highest BCUT2D eigenvalue weighted by molar-refractivity contribution is 5.80. The van der Waals surface area contributed by atoms with Crippen LogP contribution < -0.4 is 0 Å². The van der Waals surface area contributed by atoms with Crippen molar-refractivity contribution in [1.82, 2.24) is 19.2 Å². The Labute approximate surface area is 188 Å². The van der Waals surface area contributed by atoms with E-state index < -0.39 is 0 Å². The van der Waals surface area contributed by atoms with Crippen molar-refractivity contribution in [2.24, 2.45) is 0 Å². The summed E-state index contributed by atoms with van der Waals surface area (Å²) in [4.78, 5) is 9.76. The van der Waals surface area contributed by atoms with Gasteiger partial charge in [-0.05, 0) is 55.3 Å². The molecular weight excluding hydrogens is 398 g/mol. The van der Waals surface area contributed by atoms with Gasteiger partial charge >= 0.3 is 0 Å². The molecule has 2 aliphatic rings. The third kappa shape index (κ3) is 3.93. The number of benzene rings is 1. The molecule has 32 heavy (non-hydrogen) atoms. The zero-order valence-corrected chi connectivity index (χ0v) is 18.3. The summed E-state index contributed by atoms with van der Waals surface area (Å²) in [5, 5.41) is 19.7. The number of fused-ring (bicyclic) bond motifs is 1. The van der Waals surface area contributed by atoms with E-state index in [1.807, 2.05) is 18.2 Å². The first-order valence-corrected chi connectivity index (χ1v) is 11.1. The normalized spacial score (nSPS) is 17.8. The maximum absolute atomic E-state index is 10.1.